The molecule has 0 fully saturated rings. The molecule has 6 heteroatoms. The van der Waals surface area contributed by atoms with Gasteiger partial charge in [-0.15, -0.1) is 0 Å². The Bertz CT molecular complexity index is 1200. The van der Waals surface area contributed by atoms with Gasteiger partial charge in [0.15, 0.2) is 6.10 Å². The third kappa shape index (κ3) is 64.9. The second-order valence-corrected chi connectivity index (χ2v) is 24.2. The number of carbonyl (C=O) groups is 3. The van der Waals surface area contributed by atoms with Crippen molar-refractivity contribution in [3.63, 3.8) is 0 Å². The van der Waals surface area contributed by atoms with Crippen molar-refractivity contribution < 1.29 is 28.6 Å². The summed E-state index contributed by atoms with van der Waals surface area (Å²) in [6.45, 7) is 6.71. The Morgan fingerprint density at radius 1 is 0.247 bits per heavy atom. The van der Waals surface area contributed by atoms with Crippen LogP contribution < -0.4 is 0 Å². The Kier molecular flexibility index (Phi) is 65.1. The Hall–Kier alpha value is -1.85. The van der Waals surface area contributed by atoms with Gasteiger partial charge in [-0.25, -0.2) is 0 Å². The highest BCUT2D eigenvalue weighted by molar-refractivity contribution is 5.71. The summed E-state index contributed by atoms with van der Waals surface area (Å²) in [5.74, 6) is -0.842. The van der Waals surface area contributed by atoms with Crippen LogP contribution >= 0.6 is 0 Å². The zero-order valence-electron chi connectivity index (χ0n) is 52.5. The molecule has 0 rings (SSSR count). The lowest BCUT2D eigenvalue weighted by atomic mass is 10.0. The van der Waals surface area contributed by atoms with Crippen molar-refractivity contribution in [2.45, 2.75) is 412 Å². The average Bonchev–Trinajstić information content (AvgIpc) is 3.43. The van der Waals surface area contributed by atoms with Gasteiger partial charge in [-0.2, -0.15) is 0 Å². The molecule has 0 aromatic rings. The SMILES string of the molecule is CCCCCCCC/C=C\CCCCCCCC(=O)OC(COC(=O)CCCCCCCCCCCCCCCCC)COC(=O)CCCCCCCCCCCCCCCCCCCCCCCCCCCCCCC. The van der Waals surface area contributed by atoms with Gasteiger partial charge < -0.3 is 14.2 Å². The molecule has 0 heterocycles. The van der Waals surface area contributed by atoms with Crippen molar-refractivity contribution >= 4 is 17.9 Å². The molecular weight excluding hydrogens is 949 g/mol. The van der Waals surface area contributed by atoms with Gasteiger partial charge in [0.2, 0.25) is 0 Å². The Balaban J connectivity index is 4.14. The predicted molar refractivity (Wildman–Crippen MR) is 335 cm³/mol. The van der Waals surface area contributed by atoms with Crippen LogP contribution in [-0.4, -0.2) is 37.2 Å². The number of hydrogen-bond acceptors (Lipinski definition) is 6. The second kappa shape index (κ2) is 66.7. The van der Waals surface area contributed by atoms with Crippen molar-refractivity contribution in [3.05, 3.63) is 12.2 Å². The molecule has 0 saturated heterocycles. The smallest absolute Gasteiger partial charge is 0.306 e. The largest absolute Gasteiger partial charge is 0.462 e. The maximum atomic E-state index is 12.9. The first-order valence-corrected chi connectivity index (χ1v) is 35.2. The molecular formula is C71H136O6. The number of unbranched alkanes of at least 4 members (excludes halogenated alkanes) is 53. The lowest BCUT2D eigenvalue weighted by molar-refractivity contribution is -0.167. The summed E-state index contributed by atoms with van der Waals surface area (Å²) >= 11 is 0. The van der Waals surface area contributed by atoms with Crippen LogP contribution in [0.3, 0.4) is 0 Å². The van der Waals surface area contributed by atoms with E-state index in [4.69, 9.17) is 14.2 Å². The number of allylic oxidation sites excluding steroid dienone is 2. The number of esters is 3. The molecule has 0 aromatic heterocycles. The highest BCUT2D eigenvalue weighted by atomic mass is 16.6. The van der Waals surface area contributed by atoms with Crippen molar-refractivity contribution in [1.29, 1.82) is 0 Å². The van der Waals surface area contributed by atoms with E-state index in [0.29, 0.717) is 19.3 Å². The van der Waals surface area contributed by atoms with Crippen molar-refractivity contribution in [2.75, 3.05) is 13.2 Å². The Morgan fingerprint density at radius 2 is 0.429 bits per heavy atom. The van der Waals surface area contributed by atoms with Crippen LogP contribution in [0, 0.1) is 0 Å². The standard InChI is InChI=1S/C71H136O6/c1-4-7-10-13-16-19-22-25-28-29-30-31-32-33-34-35-36-37-38-39-40-41-44-46-49-52-55-58-61-64-70(73)76-67-68(77-71(74)65-62-59-56-53-50-47-43-27-24-21-18-15-12-9-6-3)66-75-69(72)63-60-57-54-51-48-45-42-26-23-20-17-14-11-8-5-2/h27,43,68H,4-26,28-42,44-67H2,1-3H3/b43-27-. The van der Waals surface area contributed by atoms with E-state index in [1.807, 2.05) is 0 Å². The van der Waals surface area contributed by atoms with E-state index in [2.05, 4.69) is 32.9 Å². The summed E-state index contributed by atoms with van der Waals surface area (Å²) in [4.78, 5) is 38.4. The van der Waals surface area contributed by atoms with Crippen LogP contribution in [0.2, 0.25) is 0 Å². The van der Waals surface area contributed by atoms with Crippen molar-refractivity contribution in [3.8, 4) is 0 Å². The normalized spacial score (nSPS) is 12.0. The van der Waals surface area contributed by atoms with Gasteiger partial charge in [0.1, 0.15) is 13.2 Å². The van der Waals surface area contributed by atoms with Crippen LogP contribution in [-0.2, 0) is 28.6 Å². The summed E-state index contributed by atoms with van der Waals surface area (Å²) in [7, 11) is 0. The molecule has 1 atom stereocenters. The van der Waals surface area contributed by atoms with Crippen LogP contribution in [0.25, 0.3) is 0 Å². The Morgan fingerprint density at radius 3 is 0.649 bits per heavy atom. The summed E-state index contributed by atoms with van der Waals surface area (Å²) in [5, 5.41) is 0. The quantitative estimate of drug-likeness (QED) is 0.0261. The topological polar surface area (TPSA) is 78.9 Å². The molecule has 0 aliphatic heterocycles. The molecule has 1 unspecified atom stereocenters. The fourth-order valence-corrected chi connectivity index (χ4v) is 11.0. The molecule has 0 N–H and O–H groups in total. The lowest BCUT2D eigenvalue weighted by Gasteiger charge is -2.18. The molecule has 0 aromatic carbocycles. The molecule has 0 saturated carbocycles. The molecule has 456 valence electrons. The van der Waals surface area contributed by atoms with E-state index in [-0.39, 0.29) is 31.1 Å². The van der Waals surface area contributed by atoms with E-state index in [0.717, 1.165) is 64.2 Å². The minimum Gasteiger partial charge on any atom is -0.462 e. The van der Waals surface area contributed by atoms with Gasteiger partial charge in [0.05, 0.1) is 0 Å². The van der Waals surface area contributed by atoms with Gasteiger partial charge in [-0.05, 0) is 44.9 Å². The van der Waals surface area contributed by atoms with E-state index in [1.54, 1.807) is 0 Å². The summed E-state index contributed by atoms with van der Waals surface area (Å²) in [6.07, 6.45) is 79.6. The van der Waals surface area contributed by atoms with E-state index in [1.165, 1.54) is 302 Å². The molecule has 0 amide bonds. The molecule has 0 spiro atoms. The highest BCUT2D eigenvalue weighted by Gasteiger charge is 2.19. The summed E-state index contributed by atoms with van der Waals surface area (Å²) in [6, 6.07) is 0. The maximum absolute atomic E-state index is 12.9. The van der Waals surface area contributed by atoms with Crippen molar-refractivity contribution in [1.82, 2.24) is 0 Å². The minimum absolute atomic E-state index is 0.0667. The van der Waals surface area contributed by atoms with Gasteiger partial charge in [-0.1, -0.05) is 354 Å². The van der Waals surface area contributed by atoms with Crippen LogP contribution in [0.15, 0.2) is 12.2 Å². The second-order valence-electron chi connectivity index (χ2n) is 24.2. The molecule has 6 nitrogen and oxygen atoms in total. The zero-order chi connectivity index (χ0) is 55.7. The first kappa shape index (κ1) is 75.2. The highest BCUT2D eigenvalue weighted by Crippen LogP contribution is 2.19. The minimum atomic E-state index is -0.770. The van der Waals surface area contributed by atoms with E-state index < -0.39 is 6.10 Å². The molecule has 77 heavy (non-hydrogen) atoms. The molecule has 0 aliphatic carbocycles. The van der Waals surface area contributed by atoms with E-state index >= 15 is 0 Å². The summed E-state index contributed by atoms with van der Waals surface area (Å²) in [5.41, 5.74) is 0. The van der Waals surface area contributed by atoms with Gasteiger partial charge in [0, 0.05) is 19.3 Å². The molecule has 0 aliphatic rings. The lowest BCUT2D eigenvalue weighted by Crippen LogP contribution is -2.30. The maximum Gasteiger partial charge on any atom is 0.306 e. The van der Waals surface area contributed by atoms with E-state index in [9.17, 15) is 14.4 Å². The van der Waals surface area contributed by atoms with Crippen LogP contribution in [0.5, 0.6) is 0 Å². The van der Waals surface area contributed by atoms with Crippen molar-refractivity contribution in [2.24, 2.45) is 0 Å². The van der Waals surface area contributed by atoms with Gasteiger partial charge >= 0.3 is 17.9 Å². The van der Waals surface area contributed by atoms with Gasteiger partial charge in [-0.3, -0.25) is 14.4 Å². The van der Waals surface area contributed by atoms with Crippen LogP contribution in [0.4, 0.5) is 0 Å². The number of ether oxygens (including phenoxy) is 3. The molecule has 0 bridgehead atoms. The first-order chi connectivity index (χ1) is 38.0. The Labute approximate surface area is 481 Å². The predicted octanol–water partition coefficient (Wildman–Crippen LogP) is 24.0. The monoisotopic (exact) mass is 1090 g/mol. The number of carbonyl (C=O) groups excluding carboxylic acids is 3. The molecule has 0 radical (unpaired) electrons. The summed E-state index contributed by atoms with van der Waals surface area (Å²) < 4.78 is 17.0. The first-order valence-electron chi connectivity index (χ1n) is 35.2. The average molecular weight is 1090 g/mol. The van der Waals surface area contributed by atoms with Crippen LogP contribution in [0.1, 0.15) is 406 Å². The third-order valence-electron chi connectivity index (χ3n) is 16.3. The zero-order valence-corrected chi connectivity index (χ0v) is 52.5. The van der Waals surface area contributed by atoms with Gasteiger partial charge in [0.25, 0.3) is 0 Å². The number of hydrogen-bond donors (Lipinski definition) is 0. The number of rotatable bonds is 66. The third-order valence-corrected chi connectivity index (χ3v) is 16.3. The fraction of sp³-hybridized carbons (Fsp3) is 0.930. The fourth-order valence-electron chi connectivity index (χ4n) is 11.0.